The summed E-state index contributed by atoms with van der Waals surface area (Å²) < 4.78 is 0. The van der Waals surface area contributed by atoms with Crippen LogP contribution in [0, 0.1) is 23.2 Å². The molecular weight excluding hydrogens is 480 g/mol. The molecule has 0 bridgehead atoms. The van der Waals surface area contributed by atoms with E-state index >= 15 is 0 Å². The number of nitriles is 1. The lowest BCUT2D eigenvalue weighted by molar-refractivity contribution is -0.152. The largest absolute Gasteiger partial charge is 0.511 e. The molecule has 0 aromatic heterocycles. The van der Waals surface area contributed by atoms with E-state index in [4.69, 9.17) is 11.0 Å². The van der Waals surface area contributed by atoms with Crippen molar-refractivity contribution in [3.8, 4) is 11.8 Å². The van der Waals surface area contributed by atoms with Gasteiger partial charge in [-0.15, -0.1) is 0 Å². The first-order valence-corrected chi connectivity index (χ1v) is 11.2. The van der Waals surface area contributed by atoms with Gasteiger partial charge in [0, 0.05) is 18.3 Å². The number of aliphatic hydroxyl groups excluding tert-OH is 3. The summed E-state index contributed by atoms with van der Waals surface area (Å²) >= 11 is 0. The molecule has 0 spiro atoms. The zero-order valence-electron chi connectivity index (χ0n) is 19.0. The maximum Gasteiger partial charge on any atom is 0.255 e. The number of phenolic OH excluding ortho intramolecular Hbond substituents is 1. The number of aliphatic hydroxyl groups is 4. The summed E-state index contributed by atoms with van der Waals surface area (Å²) in [4.78, 5) is 38.5. The van der Waals surface area contributed by atoms with Gasteiger partial charge in [-0.2, -0.15) is 5.26 Å². The van der Waals surface area contributed by atoms with Crippen molar-refractivity contribution in [1.29, 1.82) is 5.26 Å². The molecule has 186 valence electrons. The van der Waals surface area contributed by atoms with Crippen molar-refractivity contribution in [2.45, 2.75) is 18.1 Å². The lowest BCUT2D eigenvalue weighted by atomic mass is 9.57. The molecule has 10 nitrogen and oxygen atoms in total. The Morgan fingerprint density at radius 1 is 1.11 bits per heavy atom. The molecule has 0 unspecified atom stereocenters. The number of hydrogen-bond donors (Lipinski definition) is 6. The van der Waals surface area contributed by atoms with Gasteiger partial charge in [0.15, 0.2) is 11.4 Å². The number of carbonyl (C=O) groups excluding carboxylic acids is 3. The number of rotatable bonds is 2. The SMILES string of the molecule is N#Cc1ccc(/C=C2\c3cccc(O)c3C(=O)C3=C(O)[C@]4(O)C(=O)C(C(N)=O)=C(O)C[C@@H]4[C@@H](O)[C@@H]32)cc1. The van der Waals surface area contributed by atoms with E-state index in [-0.39, 0.29) is 16.7 Å². The number of phenols is 1. The number of ketones is 2. The number of amides is 1. The van der Waals surface area contributed by atoms with Crippen LogP contribution in [0.15, 0.2) is 65.1 Å². The Labute approximate surface area is 209 Å². The van der Waals surface area contributed by atoms with Crippen molar-refractivity contribution in [1.82, 2.24) is 0 Å². The number of fused-ring (bicyclic) bond motifs is 3. The second kappa shape index (κ2) is 8.16. The van der Waals surface area contributed by atoms with E-state index < -0.39 is 75.8 Å². The fraction of sp³-hybridized carbons (Fsp3) is 0.185. The number of Topliss-reactive ketones (excluding diaryl/α,β-unsaturated/α-hetero) is 2. The average molecular weight is 500 g/mol. The molecule has 0 saturated heterocycles. The van der Waals surface area contributed by atoms with Crippen molar-refractivity contribution < 1.29 is 39.9 Å². The van der Waals surface area contributed by atoms with Crippen LogP contribution in [-0.2, 0) is 9.59 Å². The summed E-state index contributed by atoms with van der Waals surface area (Å²) in [5.74, 6) is -8.79. The molecule has 0 heterocycles. The first-order chi connectivity index (χ1) is 17.5. The van der Waals surface area contributed by atoms with Crippen LogP contribution in [0.3, 0.4) is 0 Å². The van der Waals surface area contributed by atoms with Crippen LogP contribution >= 0.6 is 0 Å². The molecule has 3 aliphatic carbocycles. The van der Waals surface area contributed by atoms with Gasteiger partial charge < -0.3 is 31.3 Å². The van der Waals surface area contributed by atoms with Crippen molar-refractivity contribution in [2.75, 3.05) is 0 Å². The topological polar surface area (TPSA) is 202 Å². The van der Waals surface area contributed by atoms with Crippen molar-refractivity contribution >= 4 is 29.1 Å². The van der Waals surface area contributed by atoms with Crippen LogP contribution in [0.5, 0.6) is 5.75 Å². The minimum absolute atomic E-state index is 0.216. The molecule has 0 radical (unpaired) electrons. The Morgan fingerprint density at radius 3 is 2.41 bits per heavy atom. The van der Waals surface area contributed by atoms with Gasteiger partial charge in [-0.3, -0.25) is 14.4 Å². The molecule has 2 aromatic carbocycles. The van der Waals surface area contributed by atoms with Gasteiger partial charge in [0.2, 0.25) is 5.78 Å². The first-order valence-electron chi connectivity index (χ1n) is 11.2. The standard InChI is InChI=1S/C27H20N2O8/c28-10-12-6-4-11(5-7-12)8-14-13-2-1-3-16(30)18(13)23(33)21-19(14)22(32)15-9-17(31)20(26(29)36)24(34)27(15,37)25(21)35/h1-8,15,19,22,30-32,35,37H,9H2,(H2,29,36)/b14-8+/t15-,19-,22-,27-/m1/s1. The number of nitrogens with two attached hydrogens (primary N) is 1. The Hall–Kier alpha value is -4.72. The third-order valence-corrected chi connectivity index (χ3v) is 7.26. The number of nitrogens with zero attached hydrogens (tertiary/aromatic N) is 1. The Kier molecular flexibility index (Phi) is 5.29. The maximum absolute atomic E-state index is 13.6. The third-order valence-electron chi connectivity index (χ3n) is 7.26. The summed E-state index contributed by atoms with van der Waals surface area (Å²) in [6.45, 7) is 0. The normalized spacial score (nSPS) is 27.9. The molecule has 4 atom stereocenters. The highest BCUT2D eigenvalue weighted by Crippen LogP contribution is 2.55. The van der Waals surface area contributed by atoms with Gasteiger partial charge >= 0.3 is 0 Å². The molecule has 7 N–H and O–H groups in total. The third kappa shape index (κ3) is 3.22. The summed E-state index contributed by atoms with van der Waals surface area (Å²) in [6.07, 6.45) is -0.687. The zero-order chi connectivity index (χ0) is 26.8. The summed E-state index contributed by atoms with van der Waals surface area (Å²) in [5.41, 5.74) is 2.09. The van der Waals surface area contributed by atoms with Crippen molar-refractivity contribution in [2.24, 2.45) is 17.6 Å². The van der Waals surface area contributed by atoms with E-state index in [0.29, 0.717) is 11.1 Å². The lowest BCUT2D eigenvalue weighted by Crippen LogP contribution is -2.62. The van der Waals surface area contributed by atoms with E-state index in [1.54, 1.807) is 36.4 Å². The molecule has 0 saturated carbocycles. The van der Waals surface area contributed by atoms with Crippen LogP contribution in [0.25, 0.3) is 11.6 Å². The number of hydrogen-bond acceptors (Lipinski definition) is 9. The Bertz CT molecular complexity index is 1540. The quantitative estimate of drug-likeness (QED) is 0.330. The highest BCUT2D eigenvalue weighted by atomic mass is 16.4. The van der Waals surface area contributed by atoms with E-state index in [2.05, 4.69) is 0 Å². The molecule has 5 rings (SSSR count). The predicted molar refractivity (Wildman–Crippen MR) is 128 cm³/mol. The molecule has 0 fully saturated rings. The summed E-state index contributed by atoms with van der Waals surface area (Å²) in [6, 6.07) is 12.6. The number of carbonyl (C=O) groups is 3. The number of benzene rings is 2. The minimum Gasteiger partial charge on any atom is -0.511 e. The van der Waals surface area contributed by atoms with Gasteiger partial charge in [0.1, 0.15) is 22.8 Å². The van der Waals surface area contributed by atoms with Gasteiger partial charge in [0.25, 0.3) is 5.91 Å². The van der Waals surface area contributed by atoms with Crippen molar-refractivity contribution in [3.63, 3.8) is 0 Å². The highest BCUT2D eigenvalue weighted by Gasteiger charge is 2.63. The van der Waals surface area contributed by atoms with E-state index in [9.17, 15) is 39.9 Å². The Balaban J connectivity index is 1.80. The molecule has 0 aliphatic heterocycles. The minimum atomic E-state index is -2.92. The number of aromatic hydroxyl groups is 1. The molecule has 3 aliphatic rings. The average Bonchev–Trinajstić information content (AvgIpc) is 2.86. The van der Waals surface area contributed by atoms with Gasteiger partial charge in [-0.25, -0.2) is 0 Å². The predicted octanol–water partition coefficient (Wildman–Crippen LogP) is 1.42. The smallest absolute Gasteiger partial charge is 0.255 e. The number of primary amides is 1. The van der Waals surface area contributed by atoms with Gasteiger partial charge in [-0.05, 0) is 34.9 Å². The lowest BCUT2D eigenvalue weighted by Gasteiger charge is -2.49. The fourth-order valence-corrected chi connectivity index (χ4v) is 5.52. The molecule has 10 heteroatoms. The summed E-state index contributed by atoms with van der Waals surface area (Å²) in [5, 5.41) is 64.1. The fourth-order valence-electron chi connectivity index (χ4n) is 5.52. The molecular formula is C27H20N2O8. The van der Waals surface area contributed by atoms with E-state index in [1.807, 2.05) is 6.07 Å². The maximum atomic E-state index is 13.6. The van der Waals surface area contributed by atoms with E-state index in [1.165, 1.54) is 12.1 Å². The second-order valence-corrected chi connectivity index (χ2v) is 9.18. The van der Waals surface area contributed by atoms with Gasteiger partial charge in [0.05, 0.1) is 28.9 Å². The van der Waals surface area contributed by atoms with E-state index in [0.717, 1.165) is 0 Å². The first kappa shape index (κ1) is 24.0. The van der Waals surface area contributed by atoms with Crippen LogP contribution < -0.4 is 5.73 Å². The zero-order valence-corrected chi connectivity index (χ0v) is 19.0. The van der Waals surface area contributed by atoms with Gasteiger partial charge in [-0.1, -0.05) is 30.3 Å². The highest BCUT2D eigenvalue weighted by molar-refractivity contribution is 6.25. The summed E-state index contributed by atoms with van der Waals surface area (Å²) in [7, 11) is 0. The molecule has 1 amide bonds. The second-order valence-electron chi connectivity index (χ2n) is 9.18. The van der Waals surface area contributed by atoms with Crippen LogP contribution in [0.2, 0.25) is 0 Å². The molecule has 37 heavy (non-hydrogen) atoms. The van der Waals surface area contributed by atoms with Crippen LogP contribution in [-0.4, -0.2) is 54.7 Å². The van der Waals surface area contributed by atoms with Crippen molar-refractivity contribution in [3.05, 3.63) is 87.4 Å². The van der Waals surface area contributed by atoms with Crippen LogP contribution in [0.1, 0.15) is 33.5 Å². The number of allylic oxidation sites excluding steroid dienone is 1. The van der Waals surface area contributed by atoms with Crippen LogP contribution in [0.4, 0.5) is 0 Å². The molecule has 2 aromatic rings. The monoisotopic (exact) mass is 500 g/mol. The Morgan fingerprint density at radius 2 is 1.78 bits per heavy atom.